The van der Waals surface area contributed by atoms with E-state index in [2.05, 4.69) is 15.7 Å². The van der Waals surface area contributed by atoms with Gasteiger partial charge in [0.25, 0.3) is 5.91 Å². The second kappa shape index (κ2) is 7.83. The number of carbonyl (C=O) groups is 3. The van der Waals surface area contributed by atoms with Gasteiger partial charge >= 0.3 is 5.97 Å². The maximum Gasteiger partial charge on any atom is 0.307 e. The topological polar surface area (TPSA) is 102 Å². The molecule has 0 aliphatic carbocycles. The number of benzene rings is 1. The van der Waals surface area contributed by atoms with Crippen molar-refractivity contribution in [3.05, 3.63) is 35.7 Å². The molecule has 0 spiro atoms. The number of nitrogens with zero attached hydrogens (tertiary/aromatic N) is 2. The van der Waals surface area contributed by atoms with Gasteiger partial charge in [-0.2, -0.15) is 5.10 Å². The van der Waals surface area contributed by atoms with Gasteiger partial charge in [-0.3, -0.25) is 19.1 Å². The number of rotatable bonds is 5. The second-order valence-electron chi connectivity index (χ2n) is 6.17. The smallest absolute Gasteiger partial charge is 0.307 e. The lowest BCUT2D eigenvalue weighted by molar-refractivity contribution is -0.147. The van der Waals surface area contributed by atoms with Crippen LogP contribution in [0.25, 0.3) is 0 Å². The van der Waals surface area contributed by atoms with Crippen LogP contribution >= 0.6 is 11.8 Å². The normalized spacial score (nSPS) is 15.7. The van der Waals surface area contributed by atoms with Gasteiger partial charge in [0.2, 0.25) is 5.91 Å². The molecule has 2 amide bonds. The van der Waals surface area contributed by atoms with Crippen LogP contribution in [0.4, 0.5) is 11.4 Å². The van der Waals surface area contributed by atoms with E-state index < -0.39 is 23.7 Å². The molecular weight excluding hydrogens is 368 g/mol. The Morgan fingerprint density at radius 2 is 2.07 bits per heavy atom. The van der Waals surface area contributed by atoms with Crippen molar-refractivity contribution in [2.75, 3.05) is 17.2 Å². The number of hydrogen-bond donors (Lipinski definition) is 2. The van der Waals surface area contributed by atoms with Crippen molar-refractivity contribution < 1.29 is 19.1 Å². The minimum Gasteiger partial charge on any atom is -0.456 e. The highest BCUT2D eigenvalue weighted by atomic mass is 32.2. The van der Waals surface area contributed by atoms with E-state index in [1.54, 1.807) is 18.7 Å². The third-order valence-corrected chi connectivity index (χ3v) is 5.47. The van der Waals surface area contributed by atoms with E-state index >= 15 is 0 Å². The van der Waals surface area contributed by atoms with Gasteiger partial charge in [0.05, 0.1) is 34.4 Å². The molecule has 2 heterocycles. The molecule has 0 bridgehead atoms. The first-order chi connectivity index (χ1) is 12.8. The number of fused-ring (bicyclic) bond motifs is 1. The summed E-state index contributed by atoms with van der Waals surface area (Å²) >= 11 is 1.31. The van der Waals surface area contributed by atoms with Gasteiger partial charge in [0.1, 0.15) is 0 Å². The minimum atomic E-state index is -0.600. The Labute approximate surface area is 160 Å². The molecule has 1 atom stereocenters. The summed E-state index contributed by atoms with van der Waals surface area (Å²) in [5.41, 5.74) is 2.83. The predicted molar refractivity (Wildman–Crippen MR) is 102 cm³/mol. The first-order valence-electron chi connectivity index (χ1n) is 8.37. The fourth-order valence-corrected chi connectivity index (χ4v) is 3.81. The van der Waals surface area contributed by atoms with Crippen LogP contribution in [0.2, 0.25) is 0 Å². The quantitative estimate of drug-likeness (QED) is 0.760. The molecule has 27 heavy (non-hydrogen) atoms. The maximum absolute atomic E-state index is 12.1. The summed E-state index contributed by atoms with van der Waals surface area (Å²) in [7, 11) is 1.78. The molecule has 1 aliphatic rings. The fraction of sp³-hybridized carbons (Fsp3) is 0.333. The van der Waals surface area contributed by atoms with Crippen LogP contribution in [-0.4, -0.2) is 39.4 Å². The van der Waals surface area contributed by atoms with Gasteiger partial charge in [-0.15, -0.1) is 11.8 Å². The number of aryl methyl sites for hydroxylation is 2. The summed E-state index contributed by atoms with van der Waals surface area (Å²) in [6.45, 7) is 3.20. The summed E-state index contributed by atoms with van der Waals surface area (Å²) in [5, 5.41) is 9.09. The molecular formula is C18H20N4O4S. The summed E-state index contributed by atoms with van der Waals surface area (Å²) in [6, 6.07) is 7.38. The van der Waals surface area contributed by atoms with Gasteiger partial charge in [-0.1, -0.05) is 12.1 Å². The van der Waals surface area contributed by atoms with Crippen molar-refractivity contribution in [1.82, 2.24) is 9.78 Å². The van der Waals surface area contributed by atoms with Crippen molar-refractivity contribution in [2.24, 2.45) is 7.05 Å². The van der Waals surface area contributed by atoms with E-state index in [4.69, 9.17) is 4.74 Å². The number of anilines is 2. The number of amides is 2. The molecule has 1 aromatic carbocycles. The molecule has 0 fully saturated rings. The summed E-state index contributed by atoms with van der Waals surface area (Å²) in [4.78, 5) is 37.1. The Balaban J connectivity index is 1.51. The highest BCUT2D eigenvalue weighted by molar-refractivity contribution is 8.01. The Morgan fingerprint density at radius 3 is 2.78 bits per heavy atom. The van der Waals surface area contributed by atoms with Gasteiger partial charge in [0, 0.05) is 11.9 Å². The predicted octanol–water partition coefficient (Wildman–Crippen LogP) is 2.02. The number of carbonyl (C=O) groups excluding carboxylic acids is 3. The average molecular weight is 388 g/mol. The molecule has 2 aromatic rings. The third-order valence-electron chi connectivity index (χ3n) is 4.20. The molecule has 0 unspecified atom stereocenters. The average Bonchev–Trinajstić information content (AvgIpc) is 2.87. The minimum absolute atomic E-state index is 0.108. The molecule has 3 rings (SSSR count). The number of thioether (sulfide) groups is 1. The summed E-state index contributed by atoms with van der Waals surface area (Å²) < 4.78 is 6.69. The van der Waals surface area contributed by atoms with Crippen molar-refractivity contribution >= 4 is 40.9 Å². The van der Waals surface area contributed by atoms with Crippen LogP contribution in [0.1, 0.15) is 17.8 Å². The standard InChI is InChI=1S/C18H20N4O4S/c1-10-17(11(2)22(3)21-10)20-15(23)9-26-16(24)8-14-18(25)19-12-6-4-5-7-13(12)27-14/h4-7,14H,8-9H2,1-3H3,(H,19,25)(H,20,23)/t14-/m0/s1. The number of aromatic nitrogens is 2. The van der Waals surface area contributed by atoms with Crippen LogP contribution in [0.5, 0.6) is 0 Å². The lowest BCUT2D eigenvalue weighted by Crippen LogP contribution is -2.32. The van der Waals surface area contributed by atoms with E-state index in [0.29, 0.717) is 11.4 Å². The molecule has 9 heteroatoms. The maximum atomic E-state index is 12.1. The van der Waals surface area contributed by atoms with Crippen molar-refractivity contribution in [3.8, 4) is 0 Å². The number of esters is 1. The van der Waals surface area contributed by atoms with Crippen LogP contribution in [-0.2, 0) is 26.2 Å². The van der Waals surface area contributed by atoms with Crippen LogP contribution in [0.15, 0.2) is 29.2 Å². The summed E-state index contributed by atoms with van der Waals surface area (Å²) in [6.07, 6.45) is -0.108. The SMILES string of the molecule is Cc1nn(C)c(C)c1NC(=O)COC(=O)C[C@@H]1Sc2ccccc2NC1=O. The van der Waals surface area contributed by atoms with E-state index in [9.17, 15) is 14.4 Å². The van der Waals surface area contributed by atoms with E-state index in [-0.39, 0.29) is 12.3 Å². The van der Waals surface area contributed by atoms with Crippen LogP contribution in [0.3, 0.4) is 0 Å². The number of para-hydroxylation sites is 1. The number of hydrogen-bond acceptors (Lipinski definition) is 6. The van der Waals surface area contributed by atoms with Crippen molar-refractivity contribution in [2.45, 2.75) is 30.4 Å². The van der Waals surface area contributed by atoms with Gasteiger partial charge in [-0.05, 0) is 26.0 Å². The molecule has 2 N–H and O–H groups in total. The zero-order valence-corrected chi connectivity index (χ0v) is 16.1. The van der Waals surface area contributed by atoms with Crippen LogP contribution in [0, 0.1) is 13.8 Å². The largest absolute Gasteiger partial charge is 0.456 e. The van der Waals surface area contributed by atoms with Crippen molar-refractivity contribution in [1.29, 1.82) is 0 Å². The Bertz CT molecular complexity index is 909. The van der Waals surface area contributed by atoms with Gasteiger partial charge in [-0.25, -0.2) is 0 Å². The first-order valence-corrected chi connectivity index (χ1v) is 9.25. The number of ether oxygens (including phenoxy) is 1. The Kier molecular flexibility index (Phi) is 5.50. The molecule has 0 radical (unpaired) electrons. The Morgan fingerprint density at radius 1 is 1.33 bits per heavy atom. The molecule has 1 aromatic heterocycles. The lowest BCUT2D eigenvalue weighted by atomic mass is 10.2. The molecule has 0 saturated heterocycles. The van der Waals surface area contributed by atoms with Crippen molar-refractivity contribution in [3.63, 3.8) is 0 Å². The number of nitrogens with one attached hydrogen (secondary N) is 2. The molecule has 142 valence electrons. The Hall–Kier alpha value is -2.81. The molecule has 0 saturated carbocycles. The summed E-state index contributed by atoms with van der Waals surface area (Å²) in [5.74, 6) is -1.30. The van der Waals surface area contributed by atoms with E-state index in [0.717, 1.165) is 16.3 Å². The third kappa shape index (κ3) is 4.30. The van der Waals surface area contributed by atoms with Gasteiger partial charge < -0.3 is 15.4 Å². The molecule has 1 aliphatic heterocycles. The molecule has 8 nitrogen and oxygen atoms in total. The van der Waals surface area contributed by atoms with E-state index in [1.807, 2.05) is 31.2 Å². The first kappa shape index (κ1) is 19.0. The fourth-order valence-electron chi connectivity index (χ4n) is 2.71. The zero-order chi connectivity index (χ0) is 19.6. The highest BCUT2D eigenvalue weighted by Gasteiger charge is 2.29. The van der Waals surface area contributed by atoms with E-state index in [1.165, 1.54) is 11.8 Å². The zero-order valence-electron chi connectivity index (χ0n) is 15.2. The highest BCUT2D eigenvalue weighted by Crippen LogP contribution is 2.36. The monoisotopic (exact) mass is 388 g/mol. The lowest BCUT2D eigenvalue weighted by Gasteiger charge is -2.23. The van der Waals surface area contributed by atoms with Crippen LogP contribution < -0.4 is 10.6 Å². The van der Waals surface area contributed by atoms with Gasteiger partial charge in [0.15, 0.2) is 6.61 Å². The second-order valence-corrected chi connectivity index (χ2v) is 7.42.